The molecular formula is C19H25NO2. The number of benzene rings is 1. The summed E-state index contributed by atoms with van der Waals surface area (Å²) in [6.07, 6.45) is 2.86. The van der Waals surface area contributed by atoms with Crippen LogP contribution >= 0.6 is 0 Å². The van der Waals surface area contributed by atoms with Gasteiger partial charge in [0.15, 0.2) is 5.78 Å². The molecule has 118 valence electrons. The fourth-order valence-corrected chi connectivity index (χ4v) is 1.97. The van der Waals surface area contributed by atoms with E-state index in [9.17, 15) is 4.79 Å². The second-order valence-corrected chi connectivity index (χ2v) is 5.46. The molecule has 0 N–H and O–H groups in total. The van der Waals surface area contributed by atoms with Gasteiger partial charge in [-0.15, -0.1) is 0 Å². The van der Waals surface area contributed by atoms with Crippen LogP contribution in [0.25, 0.3) is 0 Å². The van der Waals surface area contributed by atoms with Gasteiger partial charge >= 0.3 is 0 Å². The third-order valence-corrected chi connectivity index (χ3v) is 3.56. The van der Waals surface area contributed by atoms with E-state index in [1.807, 2.05) is 32.1 Å². The molecule has 0 spiro atoms. The van der Waals surface area contributed by atoms with E-state index in [0.29, 0.717) is 12.2 Å². The number of ketones is 1. The van der Waals surface area contributed by atoms with E-state index in [4.69, 9.17) is 4.74 Å². The summed E-state index contributed by atoms with van der Waals surface area (Å²) in [5.41, 5.74) is 4.77. The molecule has 3 nitrogen and oxygen atoms in total. The monoisotopic (exact) mass is 299 g/mol. The maximum atomic E-state index is 11.3. The number of nitrogens with zero attached hydrogens (tertiary/aromatic N) is 1. The van der Waals surface area contributed by atoms with Gasteiger partial charge < -0.3 is 4.74 Å². The van der Waals surface area contributed by atoms with Crippen molar-refractivity contribution < 1.29 is 9.53 Å². The van der Waals surface area contributed by atoms with Gasteiger partial charge in [-0.25, -0.2) is 0 Å². The van der Waals surface area contributed by atoms with Gasteiger partial charge in [-0.1, -0.05) is 18.2 Å². The average Bonchev–Trinajstić information content (AvgIpc) is 2.47. The van der Waals surface area contributed by atoms with Crippen molar-refractivity contribution in [2.24, 2.45) is 4.99 Å². The van der Waals surface area contributed by atoms with E-state index in [0.717, 1.165) is 29.0 Å². The molecule has 0 saturated heterocycles. The molecule has 1 rings (SSSR count). The van der Waals surface area contributed by atoms with Gasteiger partial charge in [0.2, 0.25) is 0 Å². The number of ether oxygens (including phenoxy) is 1. The van der Waals surface area contributed by atoms with Crippen molar-refractivity contribution in [3.63, 3.8) is 0 Å². The molecule has 22 heavy (non-hydrogen) atoms. The normalized spacial score (nSPS) is 12.2. The van der Waals surface area contributed by atoms with Crippen LogP contribution in [0.1, 0.15) is 43.1 Å². The van der Waals surface area contributed by atoms with Crippen LogP contribution in [0.15, 0.2) is 47.0 Å². The molecular weight excluding hydrogens is 274 g/mol. The van der Waals surface area contributed by atoms with Gasteiger partial charge in [0, 0.05) is 24.7 Å². The fraction of sp³-hybridized carbons (Fsp3) is 0.368. The lowest BCUT2D eigenvalue weighted by Crippen LogP contribution is -2.02. The lowest BCUT2D eigenvalue weighted by molar-refractivity contribution is 0.101. The number of aryl methyl sites for hydroxylation is 1. The zero-order valence-corrected chi connectivity index (χ0v) is 14.2. The third-order valence-electron chi connectivity index (χ3n) is 3.56. The van der Waals surface area contributed by atoms with Crippen molar-refractivity contribution in [3.8, 4) is 5.75 Å². The summed E-state index contributed by atoms with van der Waals surface area (Å²) in [6.45, 7) is 12.1. The average molecular weight is 299 g/mol. The highest BCUT2D eigenvalue weighted by Crippen LogP contribution is 2.20. The summed E-state index contributed by atoms with van der Waals surface area (Å²) in [7, 11) is 1.76. The topological polar surface area (TPSA) is 38.7 Å². The van der Waals surface area contributed by atoms with Crippen LogP contribution < -0.4 is 4.74 Å². The summed E-state index contributed by atoms with van der Waals surface area (Å²) >= 11 is 0. The largest absolute Gasteiger partial charge is 0.493 e. The number of hydrogen-bond donors (Lipinski definition) is 0. The summed E-state index contributed by atoms with van der Waals surface area (Å²) in [5, 5.41) is 0. The Morgan fingerprint density at radius 3 is 2.55 bits per heavy atom. The molecule has 0 bridgehead atoms. The molecule has 1 aromatic rings. The fourth-order valence-electron chi connectivity index (χ4n) is 1.97. The van der Waals surface area contributed by atoms with Crippen molar-refractivity contribution in [1.82, 2.24) is 0 Å². The molecule has 1 aromatic carbocycles. The van der Waals surface area contributed by atoms with Gasteiger partial charge in [-0.05, 0) is 57.0 Å². The van der Waals surface area contributed by atoms with Crippen molar-refractivity contribution in [2.75, 3.05) is 13.7 Å². The van der Waals surface area contributed by atoms with Crippen molar-refractivity contribution in [3.05, 3.63) is 53.1 Å². The number of rotatable bonds is 7. The molecule has 0 heterocycles. The highest BCUT2D eigenvalue weighted by Gasteiger charge is 2.04. The van der Waals surface area contributed by atoms with Gasteiger partial charge in [-0.2, -0.15) is 0 Å². The van der Waals surface area contributed by atoms with Crippen LogP contribution in [0.3, 0.4) is 0 Å². The molecule has 0 aliphatic heterocycles. The Hall–Kier alpha value is -2.16. The highest BCUT2D eigenvalue weighted by atomic mass is 16.5. The Bertz CT molecular complexity index is 624. The Kier molecular flexibility index (Phi) is 6.77. The van der Waals surface area contributed by atoms with Crippen LogP contribution in [0.4, 0.5) is 0 Å². The van der Waals surface area contributed by atoms with Gasteiger partial charge in [0.25, 0.3) is 0 Å². The standard InChI is InChI=1S/C19H25NO2/c1-13(11-14(2)16(4)20-6)9-10-22-19-8-7-18(17(5)21)12-15(19)3/h7-8,11-12H,2,9-10H2,1,3-6H3/b13-11+,20-16?. The zero-order valence-electron chi connectivity index (χ0n) is 14.2. The molecule has 0 amide bonds. The Morgan fingerprint density at radius 1 is 1.32 bits per heavy atom. The van der Waals surface area contributed by atoms with Crippen molar-refractivity contribution in [1.29, 1.82) is 0 Å². The molecule has 0 radical (unpaired) electrons. The second-order valence-electron chi connectivity index (χ2n) is 5.46. The van der Waals surface area contributed by atoms with Gasteiger partial charge in [0.05, 0.1) is 6.61 Å². The van der Waals surface area contributed by atoms with Crippen molar-refractivity contribution in [2.45, 2.75) is 34.1 Å². The molecule has 0 aliphatic rings. The van der Waals surface area contributed by atoms with E-state index in [2.05, 4.69) is 18.5 Å². The van der Waals surface area contributed by atoms with E-state index in [1.165, 1.54) is 5.57 Å². The number of carbonyl (C=O) groups is 1. The number of aliphatic imine (C=N–C) groups is 1. The number of carbonyl (C=O) groups excluding carboxylic acids is 1. The molecule has 0 saturated carbocycles. The van der Waals surface area contributed by atoms with E-state index in [-0.39, 0.29) is 5.78 Å². The van der Waals surface area contributed by atoms with Crippen LogP contribution in [-0.2, 0) is 0 Å². The maximum absolute atomic E-state index is 11.3. The predicted molar refractivity (Wildman–Crippen MR) is 93.2 cm³/mol. The number of Topliss-reactive ketones (excluding diaryl/α,β-unsaturated/α-hetero) is 1. The maximum Gasteiger partial charge on any atom is 0.159 e. The Labute approximate surface area is 133 Å². The minimum atomic E-state index is 0.0694. The number of allylic oxidation sites excluding steroid dienone is 2. The first-order valence-corrected chi connectivity index (χ1v) is 7.39. The first-order chi connectivity index (χ1) is 10.3. The summed E-state index contributed by atoms with van der Waals surface area (Å²) in [5.74, 6) is 0.892. The van der Waals surface area contributed by atoms with E-state index >= 15 is 0 Å². The number of hydrogen-bond acceptors (Lipinski definition) is 3. The SMILES string of the molecule is C=C(/C=C(\C)CCOc1ccc(C(C)=O)cc1C)C(C)=NC. The first-order valence-electron chi connectivity index (χ1n) is 7.39. The quantitative estimate of drug-likeness (QED) is 0.420. The van der Waals surface area contributed by atoms with Crippen LogP contribution in [-0.4, -0.2) is 25.1 Å². The summed E-state index contributed by atoms with van der Waals surface area (Å²) in [4.78, 5) is 15.4. The molecule has 3 heteroatoms. The van der Waals surface area contributed by atoms with Crippen LogP contribution in [0.5, 0.6) is 5.75 Å². The second kappa shape index (κ2) is 8.32. The lowest BCUT2D eigenvalue weighted by atomic mass is 10.1. The Balaban J connectivity index is 2.59. The predicted octanol–water partition coefficient (Wildman–Crippen LogP) is 4.56. The van der Waals surface area contributed by atoms with E-state index < -0.39 is 0 Å². The van der Waals surface area contributed by atoms with Gasteiger partial charge in [0.1, 0.15) is 5.75 Å². The molecule has 0 aliphatic carbocycles. The smallest absolute Gasteiger partial charge is 0.159 e. The molecule has 0 aromatic heterocycles. The molecule has 0 fully saturated rings. The highest BCUT2D eigenvalue weighted by molar-refractivity contribution is 6.00. The van der Waals surface area contributed by atoms with Gasteiger partial charge in [-0.3, -0.25) is 9.79 Å². The van der Waals surface area contributed by atoms with Crippen molar-refractivity contribution >= 4 is 11.5 Å². The van der Waals surface area contributed by atoms with Crippen LogP contribution in [0, 0.1) is 6.92 Å². The zero-order chi connectivity index (χ0) is 16.7. The minimum Gasteiger partial charge on any atom is -0.493 e. The third kappa shape index (κ3) is 5.32. The molecule has 0 unspecified atom stereocenters. The van der Waals surface area contributed by atoms with Crippen LogP contribution in [0.2, 0.25) is 0 Å². The summed E-state index contributed by atoms with van der Waals surface area (Å²) < 4.78 is 5.80. The Morgan fingerprint density at radius 2 is 2.00 bits per heavy atom. The van der Waals surface area contributed by atoms with E-state index in [1.54, 1.807) is 20.0 Å². The lowest BCUT2D eigenvalue weighted by Gasteiger charge is -2.10. The minimum absolute atomic E-state index is 0.0694. The molecule has 0 atom stereocenters. The first kappa shape index (κ1) is 17.9. The summed E-state index contributed by atoms with van der Waals surface area (Å²) in [6, 6.07) is 5.53.